The summed E-state index contributed by atoms with van der Waals surface area (Å²) in [5.74, 6) is -0.434. The molecule has 4 rings (SSSR count). The van der Waals surface area contributed by atoms with Crippen molar-refractivity contribution < 1.29 is 18.0 Å². The highest BCUT2D eigenvalue weighted by molar-refractivity contribution is 6.03. The van der Waals surface area contributed by atoms with Gasteiger partial charge >= 0.3 is 6.18 Å². The molecule has 3 aromatic rings. The van der Waals surface area contributed by atoms with Crippen molar-refractivity contribution in [3.05, 3.63) is 60.0 Å². The largest absolute Gasteiger partial charge is 0.410 e. The summed E-state index contributed by atoms with van der Waals surface area (Å²) < 4.78 is 43.8. The molecule has 1 aliphatic heterocycles. The second-order valence-electron chi connectivity index (χ2n) is 7.21. The molecule has 2 aromatic heterocycles. The fraction of sp³-hybridized carbons (Fsp3) is 0.350. The van der Waals surface area contributed by atoms with E-state index in [0.29, 0.717) is 12.2 Å². The fourth-order valence-electron chi connectivity index (χ4n) is 3.56. The second kappa shape index (κ2) is 7.85. The molecule has 0 saturated carbocycles. The number of nitrogens with one attached hydrogen (secondary N) is 2. The van der Waals surface area contributed by atoms with Crippen molar-refractivity contribution in [2.45, 2.75) is 44.6 Å². The fourth-order valence-corrected chi connectivity index (χ4v) is 3.56. The molecule has 0 radical (unpaired) electrons. The maximum Gasteiger partial charge on any atom is 0.410 e. The first kappa shape index (κ1) is 20.0. The van der Waals surface area contributed by atoms with E-state index in [1.807, 2.05) is 13.0 Å². The van der Waals surface area contributed by atoms with Gasteiger partial charge in [0.25, 0.3) is 5.91 Å². The molecule has 30 heavy (non-hydrogen) atoms. The van der Waals surface area contributed by atoms with Crippen LogP contribution in [0.2, 0.25) is 0 Å². The van der Waals surface area contributed by atoms with Gasteiger partial charge in [0.2, 0.25) is 0 Å². The van der Waals surface area contributed by atoms with Crippen LogP contribution in [0.4, 0.5) is 24.7 Å². The van der Waals surface area contributed by atoms with Gasteiger partial charge in [0, 0.05) is 25.2 Å². The van der Waals surface area contributed by atoms with E-state index in [2.05, 4.69) is 20.8 Å². The summed E-state index contributed by atoms with van der Waals surface area (Å²) in [6.07, 6.45) is -0.667. The zero-order valence-electron chi connectivity index (χ0n) is 16.2. The van der Waals surface area contributed by atoms with Crippen molar-refractivity contribution in [1.82, 2.24) is 19.6 Å². The number of rotatable bonds is 5. The summed E-state index contributed by atoms with van der Waals surface area (Å²) in [5, 5.41) is 13.8. The van der Waals surface area contributed by atoms with Gasteiger partial charge in [0.05, 0.1) is 17.9 Å². The average Bonchev–Trinajstić information content (AvgIpc) is 3.34. The Labute approximate surface area is 170 Å². The van der Waals surface area contributed by atoms with Crippen molar-refractivity contribution >= 4 is 17.4 Å². The number of amides is 1. The van der Waals surface area contributed by atoms with Gasteiger partial charge in [-0.25, -0.2) is 4.68 Å². The summed E-state index contributed by atoms with van der Waals surface area (Å²) in [5.41, 5.74) is 1.11. The Morgan fingerprint density at radius 1 is 1.30 bits per heavy atom. The summed E-state index contributed by atoms with van der Waals surface area (Å²) in [6, 6.07) is 7.91. The molecule has 1 amide bonds. The van der Waals surface area contributed by atoms with Crippen molar-refractivity contribution in [2.75, 3.05) is 10.6 Å². The molecule has 0 bridgehead atoms. The Morgan fingerprint density at radius 2 is 2.07 bits per heavy atom. The Bertz CT molecular complexity index is 1030. The van der Waals surface area contributed by atoms with E-state index in [1.54, 1.807) is 35.1 Å². The smallest absolute Gasteiger partial charge is 0.363 e. The van der Waals surface area contributed by atoms with E-state index < -0.39 is 24.2 Å². The van der Waals surface area contributed by atoms with Gasteiger partial charge in [-0.3, -0.25) is 9.48 Å². The molecule has 2 atom stereocenters. The third kappa shape index (κ3) is 4.03. The van der Waals surface area contributed by atoms with Gasteiger partial charge in [-0.05, 0) is 12.0 Å². The van der Waals surface area contributed by atoms with Gasteiger partial charge in [-0.2, -0.15) is 23.4 Å². The molecule has 0 saturated heterocycles. The predicted molar refractivity (Wildman–Crippen MR) is 105 cm³/mol. The molecule has 158 valence electrons. The van der Waals surface area contributed by atoms with Crippen LogP contribution in [0.25, 0.3) is 0 Å². The highest BCUT2D eigenvalue weighted by Crippen LogP contribution is 2.43. The van der Waals surface area contributed by atoms with Crippen molar-refractivity contribution in [3.8, 4) is 0 Å². The number of hydrogen-bond acceptors (Lipinski definition) is 4. The second-order valence-corrected chi connectivity index (χ2v) is 7.21. The predicted octanol–water partition coefficient (Wildman–Crippen LogP) is 4.40. The first-order valence-corrected chi connectivity index (χ1v) is 9.66. The summed E-state index contributed by atoms with van der Waals surface area (Å²) in [6.45, 7) is 2.70. The maximum atomic E-state index is 13.7. The Hall–Kier alpha value is -3.30. The number of carbonyl (C=O) groups is 1. The topological polar surface area (TPSA) is 76.8 Å². The number of aryl methyl sites for hydroxylation is 1. The number of aromatic nitrogens is 4. The van der Waals surface area contributed by atoms with Crippen molar-refractivity contribution in [3.63, 3.8) is 0 Å². The zero-order chi connectivity index (χ0) is 21.3. The molecule has 10 heteroatoms. The summed E-state index contributed by atoms with van der Waals surface area (Å²) in [4.78, 5) is 12.6. The molecule has 0 spiro atoms. The van der Waals surface area contributed by atoms with E-state index in [-0.39, 0.29) is 17.9 Å². The minimum absolute atomic E-state index is 0.0938. The van der Waals surface area contributed by atoms with Crippen LogP contribution in [-0.4, -0.2) is 31.6 Å². The molecular weight excluding hydrogens is 397 g/mol. The van der Waals surface area contributed by atoms with Gasteiger partial charge in [0.1, 0.15) is 5.82 Å². The molecule has 7 nitrogen and oxygen atoms in total. The molecule has 0 fully saturated rings. The van der Waals surface area contributed by atoms with Gasteiger partial charge in [0.15, 0.2) is 11.7 Å². The van der Waals surface area contributed by atoms with Gasteiger partial charge < -0.3 is 10.6 Å². The van der Waals surface area contributed by atoms with Crippen LogP contribution < -0.4 is 10.6 Å². The Balaban J connectivity index is 1.59. The number of halogens is 3. The number of hydrogen-bond donors (Lipinski definition) is 2. The van der Waals surface area contributed by atoms with E-state index in [0.717, 1.165) is 16.7 Å². The lowest BCUT2D eigenvalue weighted by Gasteiger charge is -2.33. The maximum absolute atomic E-state index is 13.7. The number of carbonyl (C=O) groups excluding carboxylic acids is 1. The van der Waals surface area contributed by atoms with E-state index in [9.17, 15) is 18.0 Å². The van der Waals surface area contributed by atoms with Crippen molar-refractivity contribution in [1.29, 1.82) is 0 Å². The van der Waals surface area contributed by atoms with Crippen LogP contribution in [0.15, 0.2) is 48.8 Å². The Morgan fingerprint density at radius 3 is 2.77 bits per heavy atom. The minimum atomic E-state index is -4.50. The lowest BCUT2D eigenvalue weighted by Crippen LogP contribution is -2.35. The monoisotopic (exact) mass is 418 g/mol. The normalized spacial score (nSPS) is 18.5. The first-order valence-electron chi connectivity index (χ1n) is 9.66. The third-order valence-corrected chi connectivity index (χ3v) is 4.97. The number of alkyl halides is 3. The Kier molecular flexibility index (Phi) is 5.23. The molecule has 0 aliphatic carbocycles. The highest BCUT2D eigenvalue weighted by atomic mass is 19.4. The molecule has 1 aromatic carbocycles. The lowest BCUT2D eigenvalue weighted by molar-refractivity contribution is -0.173. The summed E-state index contributed by atoms with van der Waals surface area (Å²) in [7, 11) is 0. The highest BCUT2D eigenvalue weighted by Gasteiger charge is 2.46. The first-order chi connectivity index (χ1) is 14.3. The molecule has 2 N–H and O–H groups in total. The molecule has 0 unspecified atom stereocenters. The van der Waals surface area contributed by atoms with E-state index in [4.69, 9.17) is 0 Å². The quantitative estimate of drug-likeness (QED) is 0.644. The minimum Gasteiger partial charge on any atom is -0.363 e. The number of benzene rings is 1. The SMILES string of the molecule is CCCn1cc(NC(=O)c2cc3n(n2)[C@@H](C(F)(F)F)C[C@@H](c2ccccc2)N3)cn1. The number of fused-ring (bicyclic) bond motifs is 1. The molecule has 3 heterocycles. The van der Waals surface area contributed by atoms with Crippen LogP contribution >= 0.6 is 0 Å². The van der Waals surface area contributed by atoms with E-state index in [1.165, 1.54) is 12.3 Å². The van der Waals surface area contributed by atoms with Crippen molar-refractivity contribution in [2.24, 2.45) is 0 Å². The van der Waals surface area contributed by atoms with E-state index >= 15 is 0 Å². The van der Waals surface area contributed by atoms with Crippen LogP contribution in [0.3, 0.4) is 0 Å². The number of anilines is 2. The third-order valence-electron chi connectivity index (χ3n) is 4.97. The average molecular weight is 418 g/mol. The molecule has 1 aliphatic rings. The standard InChI is InChI=1S/C20H21F3N6O/c1-2-8-28-12-14(11-24-28)25-19(30)16-10-18-26-15(13-6-4-3-5-7-13)9-17(20(21,22)23)29(18)27-16/h3-7,10-12,15,17,26H,2,8-9H2,1H3,(H,25,30)/t15-,17+/m0/s1. The van der Waals surface area contributed by atoms with Gasteiger partial charge in [-0.1, -0.05) is 37.3 Å². The molecular formula is C20H21F3N6O. The van der Waals surface area contributed by atoms with Crippen LogP contribution in [-0.2, 0) is 6.54 Å². The van der Waals surface area contributed by atoms with Crippen LogP contribution in [0, 0.1) is 0 Å². The lowest BCUT2D eigenvalue weighted by atomic mass is 9.97. The van der Waals surface area contributed by atoms with Crippen LogP contribution in [0.5, 0.6) is 0 Å². The number of nitrogens with zero attached hydrogens (tertiary/aromatic N) is 4. The summed E-state index contributed by atoms with van der Waals surface area (Å²) >= 11 is 0. The van der Waals surface area contributed by atoms with Crippen LogP contribution in [0.1, 0.15) is 47.9 Å². The zero-order valence-corrected chi connectivity index (χ0v) is 16.2. The van der Waals surface area contributed by atoms with Gasteiger partial charge in [-0.15, -0.1) is 0 Å².